The van der Waals surface area contributed by atoms with Gasteiger partial charge in [0.1, 0.15) is 0 Å². The van der Waals surface area contributed by atoms with E-state index in [4.69, 9.17) is 5.73 Å². The van der Waals surface area contributed by atoms with Crippen LogP contribution in [0.15, 0.2) is 24.3 Å². The summed E-state index contributed by atoms with van der Waals surface area (Å²) in [5.41, 5.74) is 9.16. The number of nitrogens with two attached hydrogens (primary N) is 1. The highest BCUT2D eigenvalue weighted by Gasteiger charge is 2.24. The van der Waals surface area contributed by atoms with Crippen molar-refractivity contribution in [1.29, 1.82) is 0 Å². The van der Waals surface area contributed by atoms with Gasteiger partial charge in [-0.25, -0.2) is 0 Å². The molecule has 1 unspecified atom stereocenters. The van der Waals surface area contributed by atoms with E-state index in [9.17, 15) is 0 Å². The van der Waals surface area contributed by atoms with Gasteiger partial charge in [-0.1, -0.05) is 39.0 Å². The molecule has 1 aromatic carbocycles. The number of anilines is 1. The molecule has 0 spiro atoms. The van der Waals surface area contributed by atoms with E-state index >= 15 is 0 Å². The summed E-state index contributed by atoms with van der Waals surface area (Å²) in [5.74, 6) is 0.738. The van der Waals surface area contributed by atoms with Crippen molar-refractivity contribution in [3.8, 4) is 0 Å². The fraction of sp³-hybridized carbons (Fsp3) is 0.684. The van der Waals surface area contributed by atoms with Crippen molar-refractivity contribution >= 4 is 5.69 Å². The number of rotatable bonds is 6. The van der Waals surface area contributed by atoms with Crippen LogP contribution < -0.4 is 10.6 Å². The van der Waals surface area contributed by atoms with Crippen LogP contribution in [0.2, 0.25) is 0 Å². The highest BCUT2D eigenvalue weighted by Crippen LogP contribution is 2.33. The highest BCUT2D eigenvalue weighted by atomic mass is 15.1. The summed E-state index contributed by atoms with van der Waals surface area (Å²) in [5, 5.41) is 0. The zero-order valence-electron chi connectivity index (χ0n) is 14.1. The van der Waals surface area contributed by atoms with E-state index in [1.165, 1.54) is 50.0 Å². The summed E-state index contributed by atoms with van der Waals surface area (Å²) < 4.78 is 0. The molecule has 1 aromatic rings. The Labute approximate surface area is 130 Å². The molecule has 2 rings (SSSR count). The molecule has 2 nitrogen and oxygen atoms in total. The van der Waals surface area contributed by atoms with Gasteiger partial charge in [0.05, 0.1) is 0 Å². The first-order chi connectivity index (χ1) is 10.0. The van der Waals surface area contributed by atoms with Crippen molar-refractivity contribution in [1.82, 2.24) is 0 Å². The number of para-hydroxylation sites is 1. The van der Waals surface area contributed by atoms with Crippen molar-refractivity contribution in [2.45, 2.75) is 52.9 Å². The number of benzene rings is 1. The molecule has 118 valence electrons. The predicted octanol–water partition coefficient (Wildman–Crippen LogP) is 4.23. The third kappa shape index (κ3) is 4.47. The van der Waals surface area contributed by atoms with Gasteiger partial charge in [-0.3, -0.25) is 0 Å². The van der Waals surface area contributed by atoms with Crippen molar-refractivity contribution in [2.75, 3.05) is 24.5 Å². The molecule has 2 heteroatoms. The molecule has 0 aliphatic carbocycles. The molecular formula is C19H32N2. The van der Waals surface area contributed by atoms with Crippen LogP contribution in [0.5, 0.6) is 0 Å². The first-order valence-corrected chi connectivity index (χ1v) is 8.55. The van der Waals surface area contributed by atoms with Crippen LogP contribution in [-0.4, -0.2) is 19.6 Å². The normalized spacial score (nSPS) is 16.7. The second-order valence-corrected chi connectivity index (χ2v) is 7.50. The van der Waals surface area contributed by atoms with Gasteiger partial charge < -0.3 is 10.6 Å². The maximum atomic E-state index is 5.79. The smallest absolute Gasteiger partial charge is 0.0398 e. The average molecular weight is 288 g/mol. The maximum Gasteiger partial charge on any atom is 0.0398 e. The molecule has 0 radical (unpaired) electrons. The number of hydrogen-bond donors (Lipinski definition) is 1. The zero-order chi connectivity index (χ0) is 15.3. The van der Waals surface area contributed by atoms with E-state index < -0.39 is 0 Å². The van der Waals surface area contributed by atoms with Crippen molar-refractivity contribution in [2.24, 2.45) is 17.1 Å². The standard InChI is InChI=1S/C19H32N2/c1-19(2,3)17(12-13-20)10-7-15-21-14-6-9-16-8-4-5-11-18(16)21/h4-5,8,11,17H,6-7,9-10,12-15,20H2,1-3H3. The van der Waals surface area contributed by atoms with Crippen LogP contribution >= 0.6 is 0 Å². The molecule has 0 amide bonds. The molecule has 0 saturated heterocycles. The molecule has 0 fully saturated rings. The minimum absolute atomic E-state index is 0.374. The van der Waals surface area contributed by atoms with Crippen molar-refractivity contribution < 1.29 is 0 Å². The van der Waals surface area contributed by atoms with Gasteiger partial charge in [0.2, 0.25) is 0 Å². The van der Waals surface area contributed by atoms with Gasteiger partial charge in [0.25, 0.3) is 0 Å². The molecule has 1 heterocycles. The minimum atomic E-state index is 0.374. The average Bonchev–Trinajstić information content (AvgIpc) is 2.45. The number of hydrogen-bond acceptors (Lipinski definition) is 2. The largest absolute Gasteiger partial charge is 0.371 e. The fourth-order valence-electron chi connectivity index (χ4n) is 3.58. The van der Waals surface area contributed by atoms with Crippen LogP contribution in [0, 0.1) is 11.3 Å². The van der Waals surface area contributed by atoms with E-state index in [0.29, 0.717) is 5.41 Å². The summed E-state index contributed by atoms with van der Waals surface area (Å²) in [6.07, 6.45) is 6.25. The molecular weight excluding hydrogens is 256 g/mol. The van der Waals surface area contributed by atoms with E-state index in [1.807, 2.05) is 0 Å². The minimum Gasteiger partial charge on any atom is -0.371 e. The van der Waals surface area contributed by atoms with Crippen molar-refractivity contribution in [3.05, 3.63) is 29.8 Å². The number of nitrogens with zero attached hydrogens (tertiary/aromatic N) is 1. The Morgan fingerprint density at radius 2 is 1.95 bits per heavy atom. The first kappa shape index (κ1) is 16.4. The lowest BCUT2D eigenvalue weighted by Gasteiger charge is -2.34. The van der Waals surface area contributed by atoms with Gasteiger partial charge in [0.15, 0.2) is 0 Å². The fourth-order valence-corrected chi connectivity index (χ4v) is 3.58. The summed E-state index contributed by atoms with van der Waals surface area (Å²) in [6, 6.07) is 8.91. The summed E-state index contributed by atoms with van der Waals surface area (Å²) in [6.45, 7) is 10.3. The Kier molecular flexibility index (Phi) is 5.69. The molecule has 0 saturated carbocycles. The van der Waals surface area contributed by atoms with E-state index in [2.05, 4.69) is 49.9 Å². The number of aryl methyl sites for hydroxylation is 1. The molecule has 0 aromatic heterocycles. The quantitative estimate of drug-likeness (QED) is 0.848. The predicted molar refractivity (Wildman–Crippen MR) is 92.8 cm³/mol. The Hall–Kier alpha value is -1.02. The van der Waals surface area contributed by atoms with Crippen LogP contribution in [0.4, 0.5) is 5.69 Å². The molecule has 21 heavy (non-hydrogen) atoms. The third-order valence-electron chi connectivity index (χ3n) is 4.93. The lowest BCUT2D eigenvalue weighted by molar-refractivity contribution is 0.211. The second kappa shape index (κ2) is 7.31. The molecule has 2 N–H and O–H groups in total. The van der Waals surface area contributed by atoms with Crippen LogP contribution in [-0.2, 0) is 6.42 Å². The van der Waals surface area contributed by atoms with Gasteiger partial charge in [0, 0.05) is 18.8 Å². The van der Waals surface area contributed by atoms with Crippen LogP contribution in [0.1, 0.15) is 52.0 Å². The lowest BCUT2D eigenvalue weighted by Crippen LogP contribution is -2.31. The van der Waals surface area contributed by atoms with E-state index in [0.717, 1.165) is 18.9 Å². The molecule has 0 bridgehead atoms. The van der Waals surface area contributed by atoms with Crippen molar-refractivity contribution in [3.63, 3.8) is 0 Å². The molecule has 1 atom stereocenters. The summed E-state index contributed by atoms with van der Waals surface area (Å²) in [4.78, 5) is 2.58. The lowest BCUT2D eigenvalue weighted by atomic mass is 9.76. The van der Waals surface area contributed by atoms with Gasteiger partial charge >= 0.3 is 0 Å². The summed E-state index contributed by atoms with van der Waals surface area (Å²) in [7, 11) is 0. The Morgan fingerprint density at radius 1 is 1.19 bits per heavy atom. The first-order valence-electron chi connectivity index (χ1n) is 8.55. The summed E-state index contributed by atoms with van der Waals surface area (Å²) >= 11 is 0. The second-order valence-electron chi connectivity index (χ2n) is 7.50. The Balaban J connectivity index is 1.89. The number of fused-ring (bicyclic) bond motifs is 1. The van der Waals surface area contributed by atoms with Crippen LogP contribution in [0.25, 0.3) is 0 Å². The third-order valence-corrected chi connectivity index (χ3v) is 4.93. The van der Waals surface area contributed by atoms with E-state index in [1.54, 1.807) is 0 Å². The Bertz CT molecular complexity index is 433. The van der Waals surface area contributed by atoms with Crippen LogP contribution in [0.3, 0.4) is 0 Å². The monoisotopic (exact) mass is 288 g/mol. The van der Waals surface area contributed by atoms with Gasteiger partial charge in [-0.05, 0) is 61.6 Å². The molecule has 1 aliphatic rings. The van der Waals surface area contributed by atoms with E-state index in [-0.39, 0.29) is 0 Å². The SMILES string of the molecule is CC(C)(C)C(CCN)CCCN1CCCc2ccccc21. The highest BCUT2D eigenvalue weighted by molar-refractivity contribution is 5.55. The maximum absolute atomic E-state index is 5.79. The van der Waals surface area contributed by atoms with Gasteiger partial charge in [-0.2, -0.15) is 0 Å². The molecule has 1 aliphatic heterocycles. The topological polar surface area (TPSA) is 29.3 Å². The van der Waals surface area contributed by atoms with Gasteiger partial charge in [-0.15, -0.1) is 0 Å². The zero-order valence-corrected chi connectivity index (χ0v) is 14.1. The Morgan fingerprint density at radius 3 is 2.67 bits per heavy atom.